The van der Waals surface area contributed by atoms with E-state index in [-0.39, 0.29) is 0 Å². The van der Waals surface area contributed by atoms with Crippen LogP contribution in [0.3, 0.4) is 0 Å². The Hall–Kier alpha value is -2.26. The van der Waals surface area contributed by atoms with E-state index in [2.05, 4.69) is 15.2 Å². The van der Waals surface area contributed by atoms with Crippen molar-refractivity contribution < 1.29 is 4.79 Å². The van der Waals surface area contributed by atoms with E-state index in [0.29, 0.717) is 11.4 Å². The van der Waals surface area contributed by atoms with Crippen molar-refractivity contribution in [2.45, 2.75) is 0 Å². The highest BCUT2D eigenvalue weighted by molar-refractivity contribution is 5.60. The molecule has 5 heteroatoms. The number of hydrogen-bond donors (Lipinski definition) is 0. The highest BCUT2D eigenvalue weighted by Crippen LogP contribution is 2.20. The molecule has 0 amide bonds. The van der Waals surface area contributed by atoms with E-state index < -0.39 is 0 Å². The maximum atomic E-state index is 10.2. The standard InChI is InChI=1S/C9H6N4O/c14-7-10-8-3-1-2-4-9(8)13-11-5-6-12-13/h1-6H. The first-order valence-corrected chi connectivity index (χ1v) is 3.95. The summed E-state index contributed by atoms with van der Waals surface area (Å²) in [5.41, 5.74) is 1.15. The van der Waals surface area contributed by atoms with Gasteiger partial charge < -0.3 is 0 Å². The average molecular weight is 186 g/mol. The van der Waals surface area contributed by atoms with Gasteiger partial charge in [0.15, 0.2) is 0 Å². The van der Waals surface area contributed by atoms with Crippen LogP contribution in [0.15, 0.2) is 41.7 Å². The third-order valence-electron chi connectivity index (χ3n) is 1.68. The van der Waals surface area contributed by atoms with Crippen molar-refractivity contribution in [3.05, 3.63) is 36.7 Å². The van der Waals surface area contributed by atoms with Gasteiger partial charge >= 0.3 is 0 Å². The Morgan fingerprint density at radius 1 is 1.21 bits per heavy atom. The SMILES string of the molecule is O=C=Nc1ccccc1-n1nccn1. The number of rotatable bonds is 2. The quantitative estimate of drug-likeness (QED) is 0.523. The number of para-hydroxylation sites is 2. The molecule has 2 aromatic rings. The Bertz CT molecular complexity index is 471. The smallest absolute Gasteiger partial charge is 0.211 e. The molecule has 0 aliphatic carbocycles. The van der Waals surface area contributed by atoms with Crippen LogP contribution in [-0.2, 0) is 4.79 Å². The summed E-state index contributed by atoms with van der Waals surface area (Å²) in [6.07, 6.45) is 4.61. The van der Waals surface area contributed by atoms with Crippen LogP contribution in [0.4, 0.5) is 5.69 Å². The van der Waals surface area contributed by atoms with Crippen LogP contribution in [0.1, 0.15) is 0 Å². The molecule has 14 heavy (non-hydrogen) atoms. The number of aromatic nitrogens is 3. The maximum Gasteiger partial charge on any atom is 0.240 e. The summed E-state index contributed by atoms with van der Waals surface area (Å²) < 4.78 is 0. The third kappa shape index (κ3) is 1.44. The summed E-state index contributed by atoms with van der Waals surface area (Å²) in [5.74, 6) is 0. The zero-order valence-electron chi connectivity index (χ0n) is 7.16. The van der Waals surface area contributed by atoms with Gasteiger partial charge in [0.2, 0.25) is 6.08 Å². The third-order valence-corrected chi connectivity index (χ3v) is 1.68. The summed E-state index contributed by atoms with van der Waals surface area (Å²) in [6.45, 7) is 0. The minimum Gasteiger partial charge on any atom is -0.211 e. The molecule has 0 fully saturated rings. The van der Waals surface area contributed by atoms with E-state index >= 15 is 0 Å². The van der Waals surface area contributed by atoms with Crippen molar-refractivity contribution in [1.82, 2.24) is 15.0 Å². The Balaban J connectivity index is 2.57. The van der Waals surface area contributed by atoms with E-state index in [4.69, 9.17) is 0 Å². The van der Waals surface area contributed by atoms with Crippen LogP contribution in [-0.4, -0.2) is 21.1 Å². The molecule has 0 unspecified atom stereocenters. The molecule has 1 aromatic heterocycles. The monoisotopic (exact) mass is 186 g/mol. The summed E-state index contributed by atoms with van der Waals surface area (Å²) in [5, 5.41) is 7.89. The van der Waals surface area contributed by atoms with Gasteiger partial charge in [-0.15, -0.1) is 4.80 Å². The van der Waals surface area contributed by atoms with E-state index in [1.165, 1.54) is 10.9 Å². The van der Waals surface area contributed by atoms with E-state index in [9.17, 15) is 4.79 Å². The molecule has 0 N–H and O–H groups in total. The fourth-order valence-corrected chi connectivity index (χ4v) is 1.12. The van der Waals surface area contributed by atoms with Crippen LogP contribution >= 0.6 is 0 Å². The molecule has 1 heterocycles. The Kier molecular flexibility index (Phi) is 2.17. The second-order valence-electron chi connectivity index (χ2n) is 2.51. The Morgan fingerprint density at radius 2 is 1.93 bits per heavy atom. The van der Waals surface area contributed by atoms with Gasteiger partial charge in [-0.2, -0.15) is 15.2 Å². The van der Waals surface area contributed by atoms with Crippen LogP contribution in [0.25, 0.3) is 5.69 Å². The lowest BCUT2D eigenvalue weighted by molar-refractivity contribution is 0.565. The van der Waals surface area contributed by atoms with Crippen LogP contribution in [0.2, 0.25) is 0 Å². The first-order chi connectivity index (χ1) is 6.92. The Morgan fingerprint density at radius 3 is 2.64 bits per heavy atom. The first kappa shape index (κ1) is 8.34. The molecule has 0 radical (unpaired) electrons. The van der Waals surface area contributed by atoms with Crippen molar-refractivity contribution in [2.75, 3.05) is 0 Å². The molecule has 0 saturated carbocycles. The molecule has 2 rings (SSSR count). The second kappa shape index (κ2) is 3.64. The first-order valence-electron chi connectivity index (χ1n) is 3.95. The van der Waals surface area contributed by atoms with Crippen molar-refractivity contribution >= 4 is 11.8 Å². The number of nitrogens with zero attached hydrogens (tertiary/aromatic N) is 4. The summed E-state index contributed by atoms with van der Waals surface area (Å²) in [4.78, 5) is 15.1. The molecule has 0 saturated heterocycles. The number of aliphatic imine (C=N–C) groups is 1. The van der Waals surface area contributed by atoms with Crippen molar-refractivity contribution in [3.8, 4) is 5.69 Å². The molecular formula is C9H6N4O. The lowest BCUT2D eigenvalue weighted by Crippen LogP contribution is -1.98. The van der Waals surface area contributed by atoms with Gasteiger partial charge in [-0.1, -0.05) is 12.1 Å². The fraction of sp³-hybridized carbons (Fsp3) is 0. The van der Waals surface area contributed by atoms with Gasteiger partial charge in [0.1, 0.15) is 11.4 Å². The zero-order chi connectivity index (χ0) is 9.80. The fourth-order valence-electron chi connectivity index (χ4n) is 1.12. The lowest BCUT2D eigenvalue weighted by Gasteiger charge is -2.00. The minimum absolute atomic E-state index is 0.499. The predicted octanol–water partition coefficient (Wildman–Crippen LogP) is 1.23. The minimum atomic E-state index is 0.499. The van der Waals surface area contributed by atoms with Gasteiger partial charge in [0, 0.05) is 0 Å². The molecule has 0 aliphatic heterocycles. The van der Waals surface area contributed by atoms with Crippen LogP contribution in [0, 0.1) is 0 Å². The number of hydrogen-bond acceptors (Lipinski definition) is 4. The number of carbonyl (C=O) groups excluding carboxylic acids is 1. The zero-order valence-corrected chi connectivity index (χ0v) is 7.16. The summed E-state index contributed by atoms with van der Waals surface area (Å²) in [7, 11) is 0. The molecular weight excluding hydrogens is 180 g/mol. The largest absolute Gasteiger partial charge is 0.240 e. The lowest BCUT2D eigenvalue weighted by atomic mass is 10.3. The molecule has 0 bridgehead atoms. The number of isocyanates is 1. The van der Waals surface area contributed by atoms with Gasteiger partial charge in [0.05, 0.1) is 12.4 Å². The molecule has 0 aliphatic rings. The second-order valence-corrected chi connectivity index (χ2v) is 2.51. The molecule has 0 spiro atoms. The maximum absolute atomic E-state index is 10.2. The molecule has 0 atom stereocenters. The predicted molar refractivity (Wildman–Crippen MR) is 49.1 cm³/mol. The van der Waals surface area contributed by atoms with Crippen molar-refractivity contribution in [2.24, 2.45) is 4.99 Å². The van der Waals surface area contributed by atoms with Gasteiger partial charge in [-0.25, -0.2) is 4.79 Å². The average Bonchev–Trinajstić information content (AvgIpc) is 2.72. The molecule has 1 aromatic carbocycles. The van der Waals surface area contributed by atoms with Crippen molar-refractivity contribution in [3.63, 3.8) is 0 Å². The Labute approximate surface area is 79.7 Å². The molecule has 5 nitrogen and oxygen atoms in total. The topological polar surface area (TPSA) is 60.1 Å². The normalized spacial score (nSPS) is 9.43. The van der Waals surface area contributed by atoms with Crippen LogP contribution in [0.5, 0.6) is 0 Å². The van der Waals surface area contributed by atoms with Gasteiger partial charge in [0.25, 0.3) is 0 Å². The van der Waals surface area contributed by atoms with Gasteiger partial charge in [-0.05, 0) is 12.1 Å². The summed E-state index contributed by atoms with van der Waals surface area (Å²) in [6, 6.07) is 7.07. The number of benzene rings is 1. The van der Waals surface area contributed by atoms with Crippen molar-refractivity contribution in [1.29, 1.82) is 0 Å². The highest BCUT2D eigenvalue weighted by Gasteiger charge is 2.02. The van der Waals surface area contributed by atoms with E-state index in [1.54, 1.807) is 30.6 Å². The summed E-state index contributed by atoms with van der Waals surface area (Å²) >= 11 is 0. The highest BCUT2D eigenvalue weighted by atomic mass is 16.1. The van der Waals surface area contributed by atoms with Crippen LogP contribution < -0.4 is 0 Å². The van der Waals surface area contributed by atoms with E-state index in [0.717, 1.165) is 0 Å². The molecule has 68 valence electrons. The van der Waals surface area contributed by atoms with E-state index in [1.807, 2.05) is 6.07 Å². The van der Waals surface area contributed by atoms with Gasteiger partial charge in [-0.3, -0.25) is 0 Å².